The summed E-state index contributed by atoms with van der Waals surface area (Å²) in [6.45, 7) is 1.46. The van der Waals surface area contributed by atoms with Crippen LogP contribution in [0.15, 0.2) is 45.6 Å². The third kappa shape index (κ3) is 5.00. The van der Waals surface area contributed by atoms with Gasteiger partial charge < -0.3 is 14.7 Å². The lowest BCUT2D eigenvalue weighted by Gasteiger charge is -2.12. The van der Waals surface area contributed by atoms with Crippen molar-refractivity contribution in [2.75, 3.05) is 14.1 Å². The molecule has 26 heavy (non-hydrogen) atoms. The Hall–Kier alpha value is -2.51. The fraction of sp³-hybridized carbons (Fsp3) is 0.316. The van der Waals surface area contributed by atoms with E-state index in [1.54, 1.807) is 11.3 Å². The summed E-state index contributed by atoms with van der Waals surface area (Å²) in [4.78, 5) is 17.8. The lowest BCUT2D eigenvalue weighted by atomic mass is 10.1. The predicted octanol–water partition coefficient (Wildman–Crippen LogP) is 1.69. The number of carbonyl (C=O) groups is 1. The molecule has 0 unspecified atom stereocenters. The Bertz CT molecular complexity index is 843. The van der Waals surface area contributed by atoms with Crippen LogP contribution < -0.4 is 10.2 Å². The van der Waals surface area contributed by atoms with Crippen molar-refractivity contribution in [3.05, 3.63) is 58.1 Å². The lowest BCUT2D eigenvalue weighted by molar-refractivity contribution is -0.872. The third-order valence-corrected chi connectivity index (χ3v) is 4.64. The van der Waals surface area contributed by atoms with Gasteiger partial charge in [0.05, 0.1) is 14.1 Å². The molecule has 0 aliphatic heterocycles. The standard InChI is InChI=1S/C19H22N4O2S/c1-23(2)12-15-6-4-3-5-14(15)11-20-17(24)7-8-18-21-19(22-25-18)16-9-10-26-13-16/h3-6,9-10,13H,7-8,11-12H2,1-2H3,(H,20,24)/p+1. The van der Waals surface area contributed by atoms with E-state index >= 15 is 0 Å². The van der Waals surface area contributed by atoms with Crippen LogP contribution in [0, 0.1) is 0 Å². The second kappa shape index (κ2) is 8.73. The van der Waals surface area contributed by atoms with Gasteiger partial charge in [0.1, 0.15) is 6.54 Å². The molecule has 3 rings (SSSR count). The quantitative estimate of drug-likeness (QED) is 0.632. The molecular weight excluding hydrogens is 348 g/mol. The Balaban J connectivity index is 1.49. The topological polar surface area (TPSA) is 72.5 Å². The Morgan fingerprint density at radius 1 is 1.23 bits per heavy atom. The minimum Gasteiger partial charge on any atom is -0.352 e. The van der Waals surface area contributed by atoms with Crippen molar-refractivity contribution in [1.29, 1.82) is 0 Å². The van der Waals surface area contributed by atoms with Crippen molar-refractivity contribution in [2.45, 2.75) is 25.9 Å². The highest BCUT2D eigenvalue weighted by atomic mass is 32.1. The van der Waals surface area contributed by atoms with Gasteiger partial charge in [-0.05, 0) is 17.0 Å². The smallest absolute Gasteiger partial charge is 0.227 e. The molecule has 0 atom stereocenters. The number of hydrogen-bond acceptors (Lipinski definition) is 5. The average molecular weight is 371 g/mol. The minimum atomic E-state index is -0.0210. The summed E-state index contributed by atoms with van der Waals surface area (Å²) in [5, 5.41) is 10.9. The molecule has 0 spiro atoms. The van der Waals surface area contributed by atoms with Gasteiger partial charge in [0.2, 0.25) is 17.6 Å². The van der Waals surface area contributed by atoms with Gasteiger partial charge in [-0.3, -0.25) is 4.79 Å². The van der Waals surface area contributed by atoms with Crippen LogP contribution in [0.4, 0.5) is 0 Å². The molecular formula is C19H23N4O2S+. The Labute approximate surface area is 156 Å². The van der Waals surface area contributed by atoms with Gasteiger partial charge in [-0.15, -0.1) is 0 Å². The molecule has 1 amide bonds. The van der Waals surface area contributed by atoms with Crippen LogP contribution in [0.5, 0.6) is 0 Å². The van der Waals surface area contributed by atoms with E-state index < -0.39 is 0 Å². The summed E-state index contributed by atoms with van der Waals surface area (Å²) in [5.41, 5.74) is 3.35. The Morgan fingerprint density at radius 2 is 2.04 bits per heavy atom. The zero-order chi connectivity index (χ0) is 18.4. The number of nitrogens with one attached hydrogen (secondary N) is 2. The van der Waals surface area contributed by atoms with E-state index in [1.165, 1.54) is 10.5 Å². The molecule has 6 nitrogen and oxygen atoms in total. The molecule has 2 N–H and O–H groups in total. The molecule has 2 heterocycles. The Kier molecular flexibility index (Phi) is 6.14. The molecule has 2 aromatic heterocycles. The van der Waals surface area contributed by atoms with E-state index in [4.69, 9.17) is 4.52 Å². The van der Waals surface area contributed by atoms with Gasteiger partial charge in [0.15, 0.2) is 0 Å². The summed E-state index contributed by atoms with van der Waals surface area (Å²) in [7, 11) is 4.23. The molecule has 0 saturated heterocycles. The van der Waals surface area contributed by atoms with Crippen molar-refractivity contribution in [1.82, 2.24) is 15.5 Å². The highest BCUT2D eigenvalue weighted by Gasteiger charge is 2.12. The van der Waals surface area contributed by atoms with Crippen LogP contribution in [0.1, 0.15) is 23.4 Å². The van der Waals surface area contributed by atoms with E-state index in [0.717, 1.165) is 17.7 Å². The molecule has 0 aliphatic carbocycles. The van der Waals surface area contributed by atoms with Crippen LogP contribution in [0.2, 0.25) is 0 Å². The summed E-state index contributed by atoms with van der Waals surface area (Å²) >= 11 is 1.58. The first-order valence-corrected chi connectivity index (χ1v) is 9.54. The third-order valence-electron chi connectivity index (χ3n) is 3.95. The van der Waals surface area contributed by atoms with Crippen LogP contribution >= 0.6 is 11.3 Å². The number of thiophene rings is 1. The Morgan fingerprint density at radius 3 is 2.77 bits per heavy atom. The van der Waals surface area contributed by atoms with E-state index in [0.29, 0.717) is 31.1 Å². The van der Waals surface area contributed by atoms with Crippen molar-refractivity contribution in [3.8, 4) is 11.4 Å². The summed E-state index contributed by atoms with van der Waals surface area (Å²) < 4.78 is 5.23. The van der Waals surface area contributed by atoms with Gasteiger partial charge in [0.25, 0.3) is 0 Å². The summed E-state index contributed by atoms with van der Waals surface area (Å²) in [6, 6.07) is 10.1. The van der Waals surface area contributed by atoms with Crippen LogP contribution in [-0.2, 0) is 24.3 Å². The molecule has 0 bridgehead atoms. The van der Waals surface area contributed by atoms with Crippen molar-refractivity contribution in [3.63, 3.8) is 0 Å². The number of benzene rings is 1. The molecule has 1 aromatic carbocycles. The number of aromatic nitrogens is 2. The first-order chi connectivity index (χ1) is 12.6. The minimum absolute atomic E-state index is 0.0210. The summed E-state index contributed by atoms with van der Waals surface area (Å²) in [5.74, 6) is 1.03. The second-order valence-corrected chi connectivity index (χ2v) is 7.23. The highest BCUT2D eigenvalue weighted by Crippen LogP contribution is 2.19. The van der Waals surface area contributed by atoms with Gasteiger partial charge in [-0.25, -0.2) is 0 Å². The molecule has 0 fully saturated rings. The SMILES string of the molecule is C[NH+](C)Cc1ccccc1CNC(=O)CCc1nc(-c2ccsc2)no1. The number of aryl methyl sites for hydroxylation is 1. The number of hydrogen-bond donors (Lipinski definition) is 2. The molecule has 7 heteroatoms. The molecule has 0 saturated carbocycles. The van der Waals surface area contributed by atoms with Crippen LogP contribution in [0.3, 0.4) is 0 Å². The zero-order valence-corrected chi connectivity index (χ0v) is 15.8. The molecule has 136 valence electrons. The average Bonchev–Trinajstić information content (AvgIpc) is 3.30. The van der Waals surface area contributed by atoms with Crippen molar-refractivity contribution in [2.24, 2.45) is 0 Å². The van der Waals surface area contributed by atoms with E-state index in [2.05, 4.69) is 41.7 Å². The van der Waals surface area contributed by atoms with Gasteiger partial charge in [-0.1, -0.05) is 29.4 Å². The zero-order valence-electron chi connectivity index (χ0n) is 15.0. The maximum absolute atomic E-state index is 12.2. The molecule has 0 aliphatic rings. The maximum Gasteiger partial charge on any atom is 0.227 e. The largest absolute Gasteiger partial charge is 0.352 e. The van der Waals surface area contributed by atoms with Gasteiger partial charge >= 0.3 is 0 Å². The summed E-state index contributed by atoms with van der Waals surface area (Å²) in [6.07, 6.45) is 0.763. The van der Waals surface area contributed by atoms with Crippen LogP contribution in [0.25, 0.3) is 11.4 Å². The number of carbonyl (C=O) groups excluding carboxylic acids is 1. The van der Waals surface area contributed by atoms with Gasteiger partial charge in [-0.2, -0.15) is 16.3 Å². The van der Waals surface area contributed by atoms with Crippen molar-refractivity contribution >= 4 is 17.2 Å². The van der Waals surface area contributed by atoms with Crippen LogP contribution in [-0.4, -0.2) is 30.1 Å². The molecule has 0 radical (unpaired) electrons. The van der Waals surface area contributed by atoms with Crippen molar-refractivity contribution < 1.29 is 14.2 Å². The normalized spacial score (nSPS) is 11.0. The fourth-order valence-electron chi connectivity index (χ4n) is 2.65. The van der Waals surface area contributed by atoms with E-state index in [-0.39, 0.29) is 5.91 Å². The molecule has 3 aromatic rings. The lowest BCUT2D eigenvalue weighted by Crippen LogP contribution is -3.04. The first-order valence-electron chi connectivity index (χ1n) is 8.59. The van der Waals surface area contributed by atoms with Gasteiger partial charge in [0, 0.05) is 35.9 Å². The number of nitrogens with zero attached hydrogens (tertiary/aromatic N) is 2. The van der Waals surface area contributed by atoms with E-state index in [1.807, 2.05) is 29.0 Å². The monoisotopic (exact) mass is 371 g/mol. The van der Waals surface area contributed by atoms with E-state index in [9.17, 15) is 4.79 Å². The number of rotatable bonds is 8. The maximum atomic E-state index is 12.2. The second-order valence-electron chi connectivity index (χ2n) is 6.45. The highest BCUT2D eigenvalue weighted by molar-refractivity contribution is 7.08. The number of quaternary nitrogens is 1. The first kappa shape index (κ1) is 18.3. The predicted molar refractivity (Wildman–Crippen MR) is 101 cm³/mol. The fourth-order valence-corrected chi connectivity index (χ4v) is 3.29. The number of amides is 1.